The number of carbonyl (C=O) groups is 1. The molecule has 0 spiro atoms. The van der Waals surface area contributed by atoms with Crippen LogP contribution in [0.1, 0.15) is 48.0 Å². The maximum atomic E-state index is 13.1. The molecule has 0 bridgehead atoms. The average Bonchev–Trinajstić information content (AvgIpc) is 3.18. The van der Waals surface area contributed by atoms with Gasteiger partial charge in [-0.15, -0.1) is 0 Å². The summed E-state index contributed by atoms with van der Waals surface area (Å²) in [6.07, 6.45) is 0.609. The smallest absolute Gasteiger partial charge is 0.410 e. The zero-order chi connectivity index (χ0) is 25.1. The fourth-order valence-corrected chi connectivity index (χ4v) is 9.55. The minimum atomic E-state index is -2.67. The van der Waals surface area contributed by atoms with Crippen molar-refractivity contribution in [2.45, 2.75) is 70.7 Å². The molecule has 2 aromatic rings. The SMILES string of the molecule is CN(C)[C@@H]1C[C@@H](CO[Si](c2ccccc2)(c2ccccc2)C(C)(C)C)N(C(=O)OC(C)(C)C)C1. The highest BCUT2D eigenvalue weighted by atomic mass is 28.4. The molecule has 3 rings (SSSR count). The Hall–Kier alpha value is -2.15. The predicted octanol–water partition coefficient (Wildman–Crippen LogP) is 4.50. The first kappa shape index (κ1) is 26.5. The van der Waals surface area contributed by atoms with E-state index in [2.05, 4.69) is 100 Å². The molecular weight excluding hydrogens is 440 g/mol. The minimum Gasteiger partial charge on any atom is -0.444 e. The van der Waals surface area contributed by atoms with Crippen molar-refractivity contribution in [2.24, 2.45) is 0 Å². The standard InChI is InChI=1S/C28H42N2O3Si/c1-27(2,3)33-26(31)30-20-22(29(7)8)19-23(30)21-32-34(28(4,5)6,24-15-11-9-12-16-24)25-17-13-10-14-18-25/h9-18,22-23H,19-21H2,1-8H3/t22-,23+/m1/s1. The highest BCUT2D eigenvalue weighted by molar-refractivity contribution is 6.99. The van der Waals surface area contributed by atoms with Crippen LogP contribution in [-0.2, 0) is 9.16 Å². The lowest BCUT2D eigenvalue weighted by Gasteiger charge is -2.44. The van der Waals surface area contributed by atoms with E-state index in [0.29, 0.717) is 13.2 Å². The van der Waals surface area contributed by atoms with Crippen molar-refractivity contribution in [3.05, 3.63) is 60.7 Å². The van der Waals surface area contributed by atoms with Gasteiger partial charge in [0.25, 0.3) is 8.32 Å². The lowest BCUT2D eigenvalue weighted by Crippen LogP contribution is -2.67. The molecule has 1 aliphatic heterocycles. The van der Waals surface area contributed by atoms with E-state index in [1.807, 2.05) is 25.7 Å². The number of nitrogens with zero attached hydrogens (tertiary/aromatic N) is 2. The molecular formula is C28H42N2O3Si. The van der Waals surface area contributed by atoms with Crippen LogP contribution in [-0.4, -0.2) is 69.1 Å². The number of carbonyl (C=O) groups excluding carboxylic acids is 1. The average molecular weight is 483 g/mol. The number of ether oxygens (including phenoxy) is 1. The van der Waals surface area contributed by atoms with E-state index in [0.717, 1.165) is 6.42 Å². The Morgan fingerprint density at radius 3 is 1.85 bits per heavy atom. The second-order valence-corrected chi connectivity index (χ2v) is 15.9. The quantitative estimate of drug-likeness (QED) is 0.569. The van der Waals surface area contributed by atoms with Gasteiger partial charge in [0.1, 0.15) is 5.60 Å². The van der Waals surface area contributed by atoms with Gasteiger partial charge in [0.15, 0.2) is 0 Å². The molecule has 0 radical (unpaired) electrons. The van der Waals surface area contributed by atoms with Crippen molar-refractivity contribution >= 4 is 24.8 Å². The summed E-state index contributed by atoms with van der Waals surface area (Å²) in [7, 11) is 1.48. The zero-order valence-corrected chi connectivity index (χ0v) is 23.2. The summed E-state index contributed by atoms with van der Waals surface area (Å²) in [6.45, 7) is 13.7. The molecule has 5 nitrogen and oxygen atoms in total. The lowest BCUT2D eigenvalue weighted by molar-refractivity contribution is 0.0178. The maximum Gasteiger partial charge on any atom is 0.410 e. The summed E-state index contributed by atoms with van der Waals surface area (Å²) in [4.78, 5) is 17.2. The van der Waals surface area contributed by atoms with Gasteiger partial charge in [-0.1, -0.05) is 81.4 Å². The molecule has 0 aromatic heterocycles. The van der Waals surface area contributed by atoms with E-state index in [-0.39, 0.29) is 23.2 Å². The summed E-state index contributed by atoms with van der Waals surface area (Å²) >= 11 is 0. The second kappa shape index (κ2) is 10.2. The summed E-state index contributed by atoms with van der Waals surface area (Å²) in [5.41, 5.74) is -0.531. The van der Waals surface area contributed by atoms with Crippen LogP contribution in [0.25, 0.3) is 0 Å². The Bertz CT molecular complexity index is 896. The Labute approximate surface area is 207 Å². The summed E-state index contributed by atoms with van der Waals surface area (Å²) < 4.78 is 12.9. The van der Waals surface area contributed by atoms with Crippen LogP contribution >= 0.6 is 0 Å². The third-order valence-corrected chi connectivity index (χ3v) is 11.7. The van der Waals surface area contributed by atoms with Crippen LogP contribution in [0.3, 0.4) is 0 Å². The van der Waals surface area contributed by atoms with Gasteiger partial charge in [0.2, 0.25) is 0 Å². The van der Waals surface area contributed by atoms with Crippen LogP contribution in [0.15, 0.2) is 60.7 Å². The normalized spacial score (nSPS) is 19.5. The Balaban J connectivity index is 1.98. The highest BCUT2D eigenvalue weighted by Gasteiger charge is 2.51. The van der Waals surface area contributed by atoms with E-state index < -0.39 is 13.9 Å². The number of rotatable bonds is 6. The Morgan fingerprint density at radius 1 is 0.941 bits per heavy atom. The van der Waals surface area contributed by atoms with Crippen molar-refractivity contribution in [1.82, 2.24) is 9.80 Å². The fourth-order valence-electron chi connectivity index (χ4n) is 4.95. The zero-order valence-electron chi connectivity index (χ0n) is 22.2. The molecule has 1 fully saturated rings. The molecule has 0 aliphatic carbocycles. The first-order chi connectivity index (χ1) is 15.8. The van der Waals surface area contributed by atoms with Crippen molar-refractivity contribution in [2.75, 3.05) is 27.2 Å². The molecule has 2 aromatic carbocycles. The van der Waals surface area contributed by atoms with E-state index in [4.69, 9.17) is 9.16 Å². The number of hydrogen-bond donors (Lipinski definition) is 0. The van der Waals surface area contributed by atoms with Crippen molar-refractivity contribution < 1.29 is 14.0 Å². The Kier molecular flexibility index (Phi) is 7.95. The van der Waals surface area contributed by atoms with Gasteiger partial charge < -0.3 is 19.0 Å². The van der Waals surface area contributed by atoms with Gasteiger partial charge in [0, 0.05) is 12.6 Å². The van der Waals surface area contributed by atoms with Gasteiger partial charge in [-0.3, -0.25) is 0 Å². The van der Waals surface area contributed by atoms with E-state index >= 15 is 0 Å². The molecule has 186 valence electrons. The number of benzene rings is 2. The monoisotopic (exact) mass is 482 g/mol. The molecule has 6 heteroatoms. The first-order valence-electron chi connectivity index (χ1n) is 12.3. The van der Waals surface area contributed by atoms with Crippen LogP contribution in [0.2, 0.25) is 5.04 Å². The van der Waals surface area contributed by atoms with Gasteiger partial charge in [-0.25, -0.2) is 4.79 Å². The van der Waals surface area contributed by atoms with Gasteiger partial charge >= 0.3 is 6.09 Å². The third kappa shape index (κ3) is 5.73. The number of likely N-dealkylation sites (tertiary alicyclic amines) is 1. The number of hydrogen-bond acceptors (Lipinski definition) is 4. The molecule has 0 saturated carbocycles. The van der Waals surface area contributed by atoms with Gasteiger partial charge in [0.05, 0.1) is 12.6 Å². The summed E-state index contributed by atoms with van der Waals surface area (Å²) in [5.74, 6) is 0. The first-order valence-corrected chi connectivity index (χ1v) is 14.2. The van der Waals surface area contributed by atoms with E-state index in [1.165, 1.54) is 10.4 Å². The second-order valence-electron chi connectivity index (χ2n) is 11.6. The molecule has 1 heterocycles. The molecule has 1 saturated heterocycles. The molecule has 1 amide bonds. The third-order valence-electron chi connectivity index (χ3n) is 6.66. The number of likely N-dealkylation sites (N-methyl/N-ethyl adjacent to an activating group) is 1. The fraction of sp³-hybridized carbons (Fsp3) is 0.536. The number of amides is 1. The van der Waals surface area contributed by atoms with Crippen LogP contribution in [0.5, 0.6) is 0 Å². The minimum absolute atomic E-state index is 0.0381. The van der Waals surface area contributed by atoms with E-state index in [1.54, 1.807) is 0 Å². The maximum absolute atomic E-state index is 13.1. The molecule has 2 atom stereocenters. The van der Waals surface area contributed by atoms with Crippen LogP contribution < -0.4 is 10.4 Å². The molecule has 34 heavy (non-hydrogen) atoms. The van der Waals surface area contributed by atoms with Crippen molar-refractivity contribution in [3.63, 3.8) is 0 Å². The summed E-state index contributed by atoms with van der Waals surface area (Å²) in [5, 5.41) is 2.39. The molecule has 0 unspecified atom stereocenters. The lowest BCUT2D eigenvalue weighted by atomic mass is 10.2. The molecule has 1 aliphatic rings. The topological polar surface area (TPSA) is 42.0 Å². The van der Waals surface area contributed by atoms with Crippen molar-refractivity contribution in [3.8, 4) is 0 Å². The van der Waals surface area contributed by atoms with Crippen molar-refractivity contribution in [1.29, 1.82) is 0 Å². The van der Waals surface area contributed by atoms with Crippen LogP contribution in [0.4, 0.5) is 4.79 Å². The summed E-state index contributed by atoms with van der Waals surface area (Å²) in [6, 6.07) is 21.5. The van der Waals surface area contributed by atoms with Gasteiger partial charge in [-0.2, -0.15) is 0 Å². The van der Waals surface area contributed by atoms with E-state index in [9.17, 15) is 4.79 Å². The van der Waals surface area contributed by atoms with Crippen LogP contribution in [0, 0.1) is 0 Å². The Morgan fingerprint density at radius 2 is 1.44 bits per heavy atom. The highest BCUT2D eigenvalue weighted by Crippen LogP contribution is 2.37. The predicted molar refractivity (Wildman–Crippen MR) is 142 cm³/mol. The largest absolute Gasteiger partial charge is 0.444 e. The molecule has 0 N–H and O–H groups in total. The van der Waals surface area contributed by atoms with Gasteiger partial charge in [-0.05, 0) is 56.7 Å².